The molecule has 2 aromatic heterocycles. The predicted molar refractivity (Wildman–Crippen MR) is 140 cm³/mol. The van der Waals surface area contributed by atoms with Gasteiger partial charge in [-0.15, -0.1) is 11.3 Å². The van der Waals surface area contributed by atoms with E-state index < -0.39 is 28.2 Å². The van der Waals surface area contributed by atoms with Gasteiger partial charge in [-0.25, -0.2) is 13.4 Å². The Morgan fingerprint density at radius 2 is 1.93 bits per heavy atom. The van der Waals surface area contributed by atoms with Crippen molar-refractivity contribution in [3.05, 3.63) is 62.9 Å². The number of hydrogen-bond donors (Lipinski definition) is 1. The average Bonchev–Trinajstić information content (AvgIpc) is 3.45. The van der Waals surface area contributed by atoms with E-state index in [9.17, 15) is 26.4 Å². The minimum Gasteiger partial charge on any atom is -0.342 e. The molecule has 1 aromatic carbocycles. The zero-order valence-electron chi connectivity index (χ0n) is 21.8. The number of hydrogen-bond acceptors (Lipinski definition) is 8. The molecule has 15 heteroatoms. The molecule has 216 valence electrons. The van der Waals surface area contributed by atoms with Gasteiger partial charge >= 0.3 is 6.18 Å². The summed E-state index contributed by atoms with van der Waals surface area (Å²) in [5.74, 6) is -0.151. The molecule has 0 saturated carbocycles. The van der Waals surface area contributed by atoms with E-state index in [2.05, 4.69) is 9.82 Å². The number of fused-ring (bicyclic) bond motifs is 1. The van der Waals surface area contributed by atoms with Crippen LogP contribution >= 0.6 is 11.3 Å². The summed E-state index contributed by atoms with van der Waals surface area (Å²) in [6.45, 7) is 2.56. The number of aryl methyl sites for hydroxylation is 1. The summed E-state index contributed by atoms with van der Waals surface area (Å²) in [4.78, 5) is 19.2. The second kappa shape index (κ2) is 11.1. The Morgan fingerprint density at radius 3 is 2.60 bits per heavy atom. The zero-order valence-corrected chi connectivity index (χ0v) is 23.4. The molecule has 0 bridgehead atoms. The number of likely N-dealkylation sites (tertiary alicyclic amines) is 1. The standard InChI is InChI=1S/C25H28F3N5O5S2/c1-15-10-21(25(26,27)28)30-33(15)11-22(34)32-8-6-16(7-9-32)23-29-20(14-39-23)24-37-12-17-4-3-5-19(18(17)13-38-24)31-40(2,35)36/h3-5,10,14,16,24,31H,6-9,11-13H2,1-2H3. The SMILES string of the molecule is Cc1cc(C(F)(F)F)nn1CC(=O)N1CCC(c2nc(C3OCc4cccc(NS(C)(=O)=O)c4CO3)cs2)CC1. The minimum absolute atomic E-state index is 0.125. The van der Waals surface area contributed by atoms with Gasteiger partial charge in [-0.3, -0.25) is 14.2 Å². The Hall–Kier alpha value is -3.01. The van der Waals surface area contributed by atoms with Gasteiger partial charge in [0.05, 0.1) is 30.2 Å². The van der Waals surface area contributed by atoms with Crippen LogP contribution in [0.3, 0.4) is 0 Å². The number of anilines is 1. The summed E-state index contributed by atoms with van der Waals surface area (Å²) < 4.78 is 77.8. The van der Waals surface area contributed by atoms with Gasteiger partial charge in [-0.2, -0.15) is 18.3 Å². The highest BCUT2D eigenvalue weighted by molar-refractivity contribution is 7.92. The van der Waals surface area contributed by atoms with Crippen LogP contribution in [-0.4, -0.2) is 53.3 Å². The van der Waals surface area contributed by atoms with E-state index in [1.165, 1.54) is 18.3 Å². The van der Waals surface area contributed by atoms with Crippen molar-refractivity contribution in [2.24, 2.45) is 0 Å². The predicted octanol–water partition coefficient (Wildman–Crippen LogP) is 4.19. The van der Waals surface area contributed by atoms with E-state index in [4.69, 9.17) is 14.5 Å². The molecule has 0 spiro atoms. The maximum absolute atomic E-state index is 12.9. The van der Waals surface area contributed by atoms with Crippen molar-refractivity contribution in [3.8, 4) is 0 Å². The molecular formula is C25H28F3N5O5S2. The molecule has 3 aromatic rings. The highest BCUT2D eigenvalue weighted by Crippen LogP contribution is 2.35. The maximum atomic E-state index is 12.9. The number of rotatable bonds is 6. The molecule has 10 nitrogen and oxygen atoms in total. The van der Waals surface area contributed by atoms with Gasteiger partial charge < -0.3 is 14.4 Å². The number of thiazole rings is 1. The van der Waals surface area contributed by atoms with Crippen LogP contribution in [0.5, 0.6) is 0 Å². The molecule has 0 radical (unpaired) electrons. The first-order chi connectivity index (χ1) is 18.9. The molecule has 1 amide bonds. The summed E-state index contributed by atoms with van der Waals surface area (Å²) in [7, 11) is -3.46. The van der Waals surface area contributed by atoms with E-state index in [1.807, 2.05) is 11.4 Å². The van der Waals surface area contributed by atoms with Crippen LogP contribution in [0.15, 0.2) is 29.6 Å². The number of carbonyl (C=O) groups is 1. The smallest absolute Gasteiger partial charge is 0.342 e. The van der Waals surface area contributed by atoms with E-state index in [1.54, 1.807) is 17.0 Å². The fourth-order valence-electron chi connectivity index (χ4n) is 4.79. The lowest BCUT2D eigenvalue weighted by Gasteiger charge is -2.31. The molecule has 2 aliphatic heterocycles. The summed E-state index contributed by atoms with van der Waals surface area (Å²) in [6, 6.07) is 6.23. The van der Waals surface area contributed by atoms with Crippen LogP contribution in [0.4, 0.5) is 18.9 Å². The van der Waals surface area contributed by atoms with Crippen molar-refractivity contribution in [1.29, 1.82) is 0 Å². The summed E-state index contributed by atoms with van der Waals surface area (Å²) in [6.07, 6.45) is -2.84. The lowest BCUT2D eigenvalue weighted by atomic mass is 9.97. The second-order valence-corrected chi connectivity index (χ2v) is 12.5. The lowest BCUT2D eigenvalue weighted by Crippen LogP contribution is -2.40. The largest absolute Gasteiger partial charge is 0.435 e. The van der Waals surface area contributed by atoms with Gasteiger partial charge in [0.2, 0.25) is 22.2 Å². The van der Waals surface area contributed by atoms with Gasteiger partial charge in [0.15, 0.2) is 5.69 Å². The van der Waals surface area contributed by atoms with E-state index in [0.29, 0.717) is 42.9 Å². The number of halogens is 3. The Balaban J connectivity index is 1.17. The number of nitrogens with zero attached hydrogens (tertiary/aromatic N) is 4. The van der Waals surface area contributed by atoms with Crippen molar-refractivity contribution < 1.29 is 35.9 Å². The Morgan fingerprint density at radius 1 is 1.20 bits per heavy atom. The van der Waals surface area contributed by atoms with Crippen LogP contribution in [0, 0.1) is 6.92 Å². The number of sulfonamides is 1. The third-order valence-corrected chi connectivity index (χ3v) is 8.49. The van der Waals surface area contributed by atoms with Crippen LogP contribution < -0.4 is 4.72 Å². The first kappa shape index (κ1) is 28.5. The number of nitrogens with one attached hydrogen (secondary N) is 1. The highest BCUT2D eigenvalue weighted by atomic mass is 32.2. The number of ether oxygens (including phenoxy) is 2. The third kappa shape index (κ3) is 6.48. The van der Waals surface area contributed by atoms with Gasteiger partial charge in [0.25, 0.3) is 0 Å². The summed E-state index contributed by atoms with van der Waals surface area (Å²) in [5.41, 5.74) is 1.88. The molecule has 5 rings (SSSR count). The summed E-state index contributed by atoms with van der Waals surface area (Å²) in [5, 5.41) is 6.32. The molecular weight excluding hydrogens is 571 g/mol. The number of carbonyl (C=O) groups excluding carboxylic acids is 1. The number of alkyl halides is 3. The number of amides is 1. The first-order valence-electron chi connectivity index (χ1n) is 12.5. The third-order valence-electron chi connectivity index (χ3n) is 6.87. The minimum atomic E-state index is -4.56. The van der Waals surface area contributed by atoms with Crippen molar-refractivity contribution in [2.45, 2.75) is 57.9 Å². The molecule has 0 aliphatic carbocycles. The number of benzene rings is 1. The van der Waals surface area contributed by atoms with Crippen LogP contribution in [0.25, 0.3) is 0 Å². The molecule has 1 saturated heterocycles. The van der Waals surface area contributed by atoms with E-state index in [0.717, 1.165) is 27.6 Å². The molecule has 40 heavy (non-hydrogen) atoms. The van der Waals surface area contributed by atoms with Gasteiger partial charge in [-0.1, -0.05) is 12.1 Å². The van der Waals surface area contributed by atoms with Gasteiger partial charge in [0, 0.05) is 35.6 Å². The van der Waals surface area contributed by atoms with Crippen molar-refractivity contribution in [2.75, 3.05) is 24.1 Å². The molecule has 1 unspecified atom stereocenters. The fraction of sp³-hybridized carbons (Fsp3) is 0.480. The monoisotopic (exact) mass is 599 g/mol. The Kier molecular flexibility index (Phi) is 7.92. The van der Waals surface area contributed by atoms with Crippen LogP contribution in [0.1, 0.15) is 58.3 Å². The molecule has 1 atom stereocenters. The normalized spacial score (nSPS) is 18.8. The van der Waals surface area contributed by atoms with E-state index >= 15 is 0 Å². The number of piperidine rings is 1. The van der Waals surface area contributed by atoms with Crippen molar-refractivity contribution >= 4 is 33.0 Å². The summed E-state index contributed by atoms with van der Waals surface area (Å²) >= 11 is 1.48. The molecule has 4 heterocycles. The Labute approximate surface area is 233 Å². The average molecular weight is 600 g/mol. The highest BCUT2D eigenvalue weighted by Gasteiger charge is 2.35. The maximum Gasteiger partial charge on any atom is 0.435 e. The molecule has 1 N–H and O–H groups in total. The van der Waals surface area contributed by atoms with E-state index in [-0.39, 0.29) is 37.3 Å². The Bertz CT molecular complexity index is 1500. The van der Waals surface area contributed by atoms with Crippen molar-refractivity contribution in [3.63, 3.8) is 0 Å². The van der Waals surface area contributed by atoms with Crippen LogP contribution in [-0.2, 0) is 50.2 Å². The van der Waals surface area contributed by atoms with Gasteiger partial charge in [-0.05, 0) is 37.5 Å². The van der Waals surface area contributed by atoms with Crippen LogP contribution in [0.2, 0.25) is 0 Å². The first-order valence-corrected chi connectivity index (χ1v) is 15.3. The van der Waals surface area contributed by atoms with Crippen molar-refractivity contribution in [1.82, 2.24) is 19.7 Å². The topological polar surface area (TPSA) is 116 Å². The molecule has 1 fully saturated rings. The lowest BCUT2D eigenvalue weighted by molar-refractivity contribution is -0.155. The van der Waals surface area contributed by atoms with Gasteiger partial charge in [0.1, 0.15) is 12.2 Å². The number of aromatic nitrogens is 3. The quantitative estimate of drug-likeness (QED) is 0.452. The second-order valence-electron chi connectivity index (χ2n) is 9.86. The fourth-order valence-corrected chi connectivity index (χ4v) is 6.37. The zero-order chi connectivity index (χ0) is 28.7. The molecule has 2 aliphatic rings.